The zero-order valence-electron chi connectivity index (χ0n) is 26.9. The van der Waals surface area contributed by atoms with E-state index in [0.29, 0.717) is 17.1 Å². The summed E-state index contributed by atoms with van der Waals surface area (Å²) in [5.41, 5.74) is -2.07. The first-order valence-electron chi connectivity index (χ1n) is 14.3. The Morgan fingerprint density at radius 1 is 0.778 bits per heavy atom. The standard InChI is InChI=1S/C30H20ClN7O12S3.Na/c31-28-34-29(32-17-8-5-15(6-9-17)27(40)41)36-30(35-28)33-21-13-18(51(42,43)44)11-16-12-22(52(45,46)47)24(25(39)23(16)21)38-37-20-10-7-14-3-1-2-4-19(14)26(20)53(48,49)50;/h1-13,39H,(H,40,41)(H,42,43,44)(H,45,46,47)(H,48,49,50)(H2,32,33,34,35,36);. The molecule has 0 unspecified atom stereocenters. The third-order valence-corrected chi connectivity index (χ3v) is 10.1. The number of aromatic amines is 1. The Bertz CT molecular complexity index is 2960. The van der Waals surface area contributed by atoms with Crippen LogP contribution in [0.25, 0.3) is 21.5 Å². The molecule has 0 saturated carbocycles. The molecule has 273 valence electrons. The summed E-state index contributed by atoms with van der Waals surface area (Å²) >= 11 is 6.13. The van der Waals surface area contributed by atoms with E-state index in [2.05, 4.69) is 35.5 Å². The molecular weight excluding hydrogens is 805 g/mol. The molecule has 0 fully saturated rings. The van der Waals surface area contributed by atoms with Gasteiger partial charge >= 0.3 is 5.97 Å². The molecule has 0 saturated heterocycles. The summed E-state index contributed by atoms with van der Waals surface area (Å²) in [6, 6.07) is 16.1. The molecule has 0 bridgehead atoms. The van der Waals surface area contributed by atoms with Gasteiger partial charge < -0.3 is 15.5 Å². The predicted molar refractivity (Wildman–Crippen MR) is 192 cm³/mol. The van der Waals surface area contributed by atoms with Gasteiger partial charge in [-0.3, -0.25) is 18.6 Å². The van der Waals surface area contributed by atoms with Gasteiger partial charge in [0.05, 0.1) is 21.5 Å². The molecule has 6 aromatic rings. The largest absolute Gasteiger partial charge is 0.505 e. The number of phenols is 1. The molecule has 54 heavy (non-hydrogen) atoms. The third kappa shape index (κ3) is 8.57. The molecule has 7 N–H and O–H groups in total. The van der Waals surface area contributed by atoms with Gasteiger partial charge in [0.15, 0.2) is 5.75 Å². The van der Waals surface area contributed by atoms with Crippen LogP contribution in [0, 0.1) is 0 Å². The molecule has 0 atom stereocenters. The number of hydrogen-bond donors (Lipinski definition) is 7. The minimum absolute atomic E-state index is 0. The summed E-state index contributed by atoms with van der Waals surface area (Å²) in [7, 11) is -15.3. The van der Waals surface area contributed by atoms with Crippen molar-refractivity contribution < 1.29 is 53.9 Å². The van der Waals surface area contributed by atoms with Gasteiger partial charge in [0, 0.05) is 40.6 Å². The maximum absolute atomic E-state index is 12.5. The fraction of sp³-hybridized carbons (Fsp3) is 0. The van der Waals surface area contributed by atoms with Crippen LogP contribution in [0.5, 0.6) is 5.75 Å². The number of benzene rings is 5. The second-order valence-electron chi connectivity index (χ2n) is 10.8. The first kappa shape index (κ1) is 40.3. The number of carbonyl (C=O) groups is 1. The van der Waals surface area contributed by atoms with Gasteiger partial charge in [-0.25, -0.2) is 9.79 Å². The Hall–Kier alpha value is -4.88. The van der Waals surface area contributed by atoms with Crippen LogP contribution in [0.4, 0.5) is 28.7 Å². The molecule has 1 heterocycles. The van der Waals surface area contributed by atoms with E-state index in [1.54, 1.807) is 12.1 Å². The predicted octanol–water partition coefficient (Wildman–Crippen LogP) is 4.92. The van der Waals surface area contributed by atoms with Crippen molar-refractivity contribution in [2.45, 2.75) is 14.7 Å². The second kappa shape index (κ2) is 15.1. The molecule has 19 nitrogen and oxygen atoms in total. The number of nitrogens with one attached hydrogen (secondary N) is 2. The van der Waals surface area contributed by atoms with Gasteiger partial charge in [-0.15, -0.1) is 10.2 Å². The number of aromatic hydroxyl groups is 1. The van der Waals surface area contributed by atoms with Crippen LogP contribution in [-0.4, -0.2) is 99.6 Å². The number of aromatic carboxylic acids is 1. The van der Waals surface area contributed by atoms with Crippen molar-refractivity contribution >= 4 is 128 Å². The Balaban J connectivity index is 0.00000561. The number of rotatable bonds is 9. The number of phenolic OH excluding ortho intramolecular Hbond substituents is 1. The molecule has 1 aromatic heterocycles. The van der Waals surface area contributed by atoms with E-state index >= 15 is 0 Å². The first-order chi connectivity index (χ1) is 24.8. The Labute approximate surface area is 330 Å². The van der Waals surface area contributed by atoms with Gasteiger partial charge in [0.1, 0.15) is 21.2 Å². The van der Waals surface area contributed by atoms with Gasteiger partial charge in [0.25, 0.3) is 30.4 Å². The summed E-state index contributed by atoms with van der Waals surface area (Å²) in [5.74, 6) is -2.45. The fourth-order valence-corrected chi connectivity index (χ4v) is 7.26. The minimum atomic E-state index is -5.30. The topological polar surface area (TPSA) is 311 Å². The molecule has 5 aromatic carbocycles. The maximum Gasteiger partial charge on any atom is 0.335 e. The van der Waals surface area contributed by atoms with E-state index in [1.807, 2.05) is 0 Å². The van der Waals surface area contributed by atoms with Crippen molar-refractivity contribution in [3.8, 4) is 5.75 Å². The smallest absolute Gasteiger partial charge is 0.335 e. The third-order valence-electron chi connectivity index (χ3n) is 7.30. The fourth-order valence-electron chi connectivity index (χ4n) is 5.07. The average molecular weight is 825 g/mol. The summed E-state index contributed by atoms with van der Waals surface area (Å²) in [5, 5.41) is 30.1. The quantitative estimate of drug-likeness (QED) is 0.0578. The van der Waals surface area contributed by atoms with E-state index in [1.165, 1.54) is 42.5 Å². The Morgan fingerprint density at radius 2 is 1.46 bits per heavy atom. The molecule has 0 aliphatic carbocycles. The molecule has 24 heteroatoms. The van der Waals surface area contributed by atoms with Crippen LogP contribution >= 0.6 is 11.6 Å². The van der Waals surface area contributed by atoms with Crippen LogP contribution in [0.1, 0.15) is 10.4 Å². The number of H-pyrrole nitrogens is 1. The van der Waals surface area contributed by atoms with Crippen LogP contribution < -0.4 is 10.9 Å². The van der Waals surface area contributed by atoms with Crippen LogP contribution in [0.3, 0.4) is 0 Å². The molecule has 1 radical (unpaired) electrons. The van der Waals surface area contributed by atoms with Gasteiger partial charge in [-0.05, 0) is 70.9 Å². The number of anilines is 2. The zero-order valence-corrected chi connectivity index (χ0v) is 32.1. The summed E-state index contributed by atoms with van der Waals surface area (Å²) in [6.07, 6.45) is 0. The van der Waals surface area contributed by atoms with Crippen molar-refractivity contribution in [3.05, 3.63) is 95.3 Å². The van der Waals surface area contributed by atoms with E-state index in [0.717, 1.165) is 18.2 Å². The van der Waals surface area contributed by atoms with Crippen molar-refractivity contribution in [1.29, 1.82) is 0 Å². The Morgan fingerprint density at radius 3 is 2.09 bits per heavy atom. The number of halogens is 1. The van der Waals surface area contributed by atoms with Crippen LogP contribution in [0.2, 0.25) is 5.28 Å². The van der Waals surface area contributed by atoms with Gasteiger partial charge in [-0.1, -0.05) is 30.3 Å². The van der Waals surface area contributed by atoms with Gasteiger partial charge in [-0.2, -0.15) is 35.2 Å². The number of azo groups is 1. The van der Waals surface area contributed by atoms with Gasteiger partial charge in [0.2, 0.25) is 16.9 Å². The molecule has 0 spiro atoms. The Kier molecular flexibility index (Phi) is 11.3. The molecule has 0 amide bonds. The van der Waals surface area contributed by atoms with Crippen molar-refractivity contribution in [1.82, 2.24) is 15.0 Å². The van der Waals surface area contributed by atoms with Crippen LogP contribution in [-0.2, 0) is 30.4 Å². The van der Waals surface area contributed by atoms with E-state index < -0.39 is 90.2 Å². The zero-order chi connectivity index (χ0) is 38.5. The number of hydrogen-bond acceptors (Lipinski definition) is 14. The van der Waals surface area contributed by atoms with Crippen molar-refractivity contribution in [2.75, 3.05) is 5.32 Å². The second-order valence-corrected chi connectivity index (χ2v) is 15.3. The molecule has 6 rings (SSSR count). The summed E-state index contributed by atoms with van der Waals surface area (Å²) in [6.45, 7) is 0. The molecule has 0 aliphatic rings. The van der Waals surface area contributed by atoms with E-state index in [9.17, 15) is 48.8 Å². The number of nitrogens with zero attached hydrogens (tertiary/aromatic N) is 5. The number of aromatic nitrogens is 3. The molecular formula is C30H20ClN7NaO12S3. The van der Waals surface area contributed by atoms with Crippen LogP contribution in [0.15, 0.2) is 109 Å². The summed E-state index contributed by atoms with van der Waals surface area (Å²) in [4.78, 5) is 23.3. The van der Waals surface area contributed by atoms with Crippen molar-refractivity contribution in [2.24, 2.45) is 15.2 Å². The number of fused-ring (bicyclic) bond motifs is 2. The maximum atomic E-state index is 12.5. The number of carboxylic acid groups (broad SMARTS) is 1. The normalized spacial score (nSPS) is 12.6. The minimum Gasteiger partial charge on any atom is -0.505 e. The first-order valence-corrected chi connectivity index (χ1v) is 19.0. The number of carboxylic acids is 1. The summed E-state index contributed by atoms with van der Waals surface area (Å²) < 4.78 is 104. The monoisotopic (exact) mass is 824 g/mol. The van der Waals surface area contributed by atoms with Crippen molar-refractivity contribution in [3.63, 3.8) is 0 Å². The molecule has 0 aliphatic heterocycles. The average Bonchev–Trinajstić information content (AvgIpc) is 3.06. The van der Waals surface area contributed by atoms with E-state index in [4.69, 9.17) is 16.7 Å². The SMILES string of the molecule is O=C(O)c1ccc(Nc2nc(Cl)[nH]c(=Nc3cc(S(=O)(=O)O)cc4cc(S(=O)(=O)O)c(N=Nc5ccc6ccccc6c5S(=O)(=O)O)c(O)c34)n2)cc1.[Na]. The van der Waals surface area contributed by atoms with E-state index in [-0.39, 0.29) is 51.7 Å².